The fourth-order valence-corrected chi connectivity index (χ4v) is 2.09. The highest BCUT2D eigenvalue weighted by Crippen LogP contribution is 2.30. The molecule has 6 nitrogen and oxygen atoms in total. The average molecular weight is 321 g/mol. The first-order chi connectivity index (χ1) is 11.8. The SMILES string of the molecule is CCCNc1cnnc(Nc2ccccc2Oc2ccccc2)n1. The molecule has 122 valence electrons. The highest BCUT2D eigenvalue weighted by atomic mass is 16.5. The monoisotopic (exact) mass is 321 g/mol. The van der Waals surface area contributed by atoms with Gasteiger partial charge in [-0.3, -0.25) is 0 Å². The summed E-state index contributed by atoms with van der Waals surface area (Å²) in [7, 11) is 0. The Balaban J connectivity index is 1.78. The van der Waals surface area contributed by atoms with Gasteiger partial charge in [-0.15, -0.1) is 5.10 Å². The molecule has 1 heterocycles. The van der Waals surface area contributed by atoms with E-state index >= 15 is 0 Å². The first-order valence-electron chi connectivity index (χ1n) is 7.87. The standard InChI is InChI=1S/C18H19N5O/c1-2-12-19-17-13-20-23-18(22-17)21-15-10-6-7-11-16(15)24-14-8-4-3-5-9-14/h3-11,13H,2,12H2,1H3,(H2,19,21,22,23). The van der Waals surface area contributed by atoms with Crippen molar-refractivity contribution in [1.29, 1.82) is 0 Å². The zero-order valence-electron chi connectivity index (χ0n) is 13.4. The molecule has 0 atom stereocenters. The second kappa shape index (κ2) is 7.92. The molecule has 0 bridgehead atoms. The van der Waals surface area contributed by atoms with Crippen molar-refractivity contribution in [1.82, 2.24) is 15.2 Å². The van der Waals surface area contributed by atoms with Crippen LogP contribution >= 0.6 is 0 Å². The lowest BCUT2D eigenvalue weighted by molar-refractivity contribution is 0.485. The molecule has 0 fully saturated rings. The van der Waals surface area contributed by atoms with E-state index in [9.17, 15) is 0 Å². The third-order valence-electron chi connectivity index (χ3n) is 3.22. The van der Waals surface area contributed by atoms with Crippen molar-refractivity contribution in [2.75, 3.05) is 17.2 Å². The van der Waals surface area contributed by atoms with Gasteiger partial charge in [-0.05, 0) is 30.7 Å². The Kier molecular flexibility index (Phi) is 5.19. The molecule has 0 spiro atoms. The Bertz CT molecular complexity index is 779. The topological polar surface area (TPSA) is 72.0 Å². The fourth-order valence-electron chi connectivity index (χ4n) is 2.09. The molecule has 0 saturated carbocycles. The van der Waals surface area contributed by atoms with Gasteiger partial charge in [0, 0.05) is 6.54 Å². The van der Waals surface area contributed by atoms with Crippen molar-refractivity contribution in [3.05, 3.63) is 60.8 Å². The van der Waals surface area contributed by atoms with E-state index in [0.29, 0.717) is 17.5 Å². The lowest BCUT2D eigenvalue weighted by Crippen LogP contribution is -2.06. The van der Waals surface area contributed by atoms with E-state index < -0.39 is 0 Å². The van der Waals surface area contributed by atoms with Crippen LogP contribution in [-0.4, -0.2) is 21.7 Å². The van der Waals surface area contributed by atoms with E-state index in [0.717, 1.165) is 24.4 Å². The highest BCUT2D eigenvalue weighted by Gasteiger charge is 2.07. The van der Waals surface area contributed by atoms with Crippen LogP contribution in [0.5, 0.6) is 11.5 Å². The summed E-state index contributed by atoms with van der Waals surface area (Å²) in [5.41, 5.74) is 0.774. The van der Waals surface area contributed by atoms with Crippen molar-refractivity contribution in [3.63, 3.8) is 0 Å². The molecule has 2 N–H and O–H groups in total. The van der Waals surface area contributed by atoms with E-state index in [1.54, 1.807) is 6.20 Å². The van der Waals surface area contributed by atoms with E-state index in [4.69, 9.17) is 4.74 Å². The Labute approximate surface area is 140 Å². The first-order valence-corrected chi connectivity index (χ1v) is 7.87. The highest BCUT2D eigenvalue weighted by molar-refractivity contribution is 5.63. The molecule has 2 aromatic carbocycles. The van der Waals surface area contributed by atoms with Gasteiger partial charge in [-0.25, -0.2) is 0 Å². The van der Waals surface area contributed by atoms with Crippen LogP contribution in [0.1, 0.15) is 13.3 Å². The van der Waals surface area contributed by atoms with Crippen molar-refractivity contribution in [3.8, 4) is 11.5 Å². The molecule has 0 aliphatic carbocycles. The minimum atomic E-state index is 0.417. The molecule has 3 aromatic rings. The maximum atomic E-state index is 5.92. The zero-order chi connectivity index (χ0) is 16.6. The normalized spacial score (nSPS) is 10.2. The van der Waals surface area contributed by atoms with Gasteiger partial charge < -0.3 is 15.4 Å². The second-order valence-electron chi connectivity index (χ2n) is 5.13. The van der Waals surface area contributed by atoms with Gasteiger partial charge in [0.25, 0.3) is 0 Å². The summed E-state index contributed by atoms with van der Waals surface area (Å²) >= 11 is 0. The number of hydrogen-bond acceptors (Lipinski definition) is 6. The summed E-state index contributed by atoms with van der Waals surface area (Å²) in [6.45, 7) is 2.93. The van der Waals surface area contributed by atoms with E-state index in [-0.39, 0.29) is 0 Å². The number of ether oxygens (including phenoxy) is 1. The average Bonchev–Trinajstić information content (AvgIpc) is 2.63. The number of nitrogens with zero attached hydrogens (tertiary/aromatic N) is 3. The van der Waals surface area contributed by atoms with Crippen LogP contribution in [0.3, 0.4) is 0 Å². The van der Waals surface area contributed by atoms with E-state index in [2.05, 4.69) is 32.7 Å². The Morgan fingerprint density at radius 2 is 1.79 bits per heavy atom. The number of benzene rings is 2. The summed E-state index contributed by atoms with van der Waals surface area (Å²) < 4.78 is 5.92. The van der Waals surface area contributed by atoms with Gasteiger partial charge in [0.2, 0.25) is 5.95 Å². The molecule has 3 rings (SSSR count). The first kappa shape index (κ1) is 15.7. The van der Waals surface area contributed by atoms with Gasteiger partial charge in [-0.2, -0.15) is 10.1 Å². The van der Waals surface area contributed by atoms with E-state index in [1.807, 2.05) is 54.6 Å². The molecule has 0 saturated heterocycles. The van der Waals surface area contributed by atoms with Crippen LogP contribution in [0.2, 0.25) is 0 Å². The lowest BCUT2D eigenvalue weighted by Gasteiger charge is -2.12. The van der Waals surface area contributed by atoms with Gasteiger partial charge in [-0.1, -0.05) is 37.3 Å². The fraction of sp³-hybridized carbons (Fsp3) is 0.167. The Morgan fingerprint density at radius 3 is 2.62 bits per heavy atom. The molecular formula is C18H19N5O. The molecule has 1 aromatic heterocycles. The predicted molar refractivity (Wildman–Crippen MR) is 94.8 cm³/mol. The third-order valence-corrected chi connectivity index (χ3v) is 3.22. The van der Waals surface area contributed by atoms with Crippen molar-refractivity contribution < 1.29 is 4.74 Å². The minimum Gasteiger partial charge on any atom is -0.455 e. The smallest absolute Gasteiger partial charge is 0.249 e. The molecule has 24 heavy (non-hydrogen) atoms. The number of para-hydroxylation sites is 3. The number of nitrogens with one attached hydrogen (secondary N) is 2. The number of rotatable bonds is 7. The molecule has 6 heteroatoms. The summed E-state index contributed by atoms with van der Waals surface area (Å²) in [6.07, 6.45) is 2.62. The Morgan fingerprint density at radius 1 is 1.00 bits per heavy atom. The molecule has 0 amide bonds. The van der Waals surface area contributed by atoms with Crippen LogP contribution in [0.4, 0.5) is 17.5 Å². The number of hydrogen-bond donors (Lipinski definition) is 2. The van der Waals surface area contributed by atoms with Gasteiger partial charge in [0.1, 0.15) is 5.75 Å². The summed E-state index contributed by atoms with van der Waals surface area (Å²) in [5.74, 6) is 2.57. The summed E-state index contributed by atoms with van der Waals surface area (Å²) in [5, 5.41) is 14.3. The van der Waals surface area contributed by atoms with Crippen molar-refractivity contribution in [2.24, 2.45) is 0 Å². The molecule has 0 aliphatic rings. The summed E-state index contributed by atoms with van der Waals surface area (Å²) in [4.78, 5) is 4.40. The second-order valence-corrected chi connectivity index (χ2v) is 5.13. The van der Waals surface area contributed by atoms with Crippen LogP contribution in [0, 0.1) is 0 Å². The maximum Gasteiger partial charge on any atom is 0.249 e. The maximum absolute atomic E-state index is 5.92. The summed E-state index contributed by atoms with van der Waals surface area (Å²) in [6, 6.07) is 17.3. The largest absolute Gasteiger partial charge is 0.455 e. The predicted octanol–water partition coefficient (Wildman–Crippen LogP) is 4.23. The van der Waals surface area contributed by atoms with Crippen LogP contribution in [0.15, 0.2) is 60.8 Å². The molecule has 0 radical (unpaired) electrons. The number of aromatic nitrogens is 3. The zero-order valence-corrected chi connectivity index (χ0v) is 13.4. The third kappa shape index (κ3) is 4.19. The minimum absolute atomic E-state index is 0.417. The van der Waals surface area contributed by atoms with Crippen LogP contribution < -0.4 is 15.4 Å². The van der Waals surface area contributed by atoms with Gasteiger partial charge in [0.05, 0.1) is 11.9 Å². The molecular weight excluding hydrogens is 302 g/mol. The molecule has 0 unspecified atom stereocenters. The quantitative estimate of drug-likeness (QED) is 0.678. The van der Waals surface area contributed by atoms with Gasteiger partial charge in [0.15, 0.2) is 11.6 Å². The Hall–Kier alpha value is -3.15. The molecule has 0 aliphatic heterocycles. The van der Waals surface area contributed by atoms with Crippen molar-refractivity contribution >= 4 is 17.5 Å². The van der Waals surface area contributed by atoms with Crippen LogP contribution in [-0.2, 0) is 0 Å². The van der Waals surface area contributed by atoms with E-state index in [1.165, 1.54) is 0 Å². The van der Waals surface area contributed by atoms with Crippen LogP contribution in [0.25, 0.3) is 0 Å². The van der Waals surface area contributed by atoms with Gasteiger partial charge >= 0.3 is 0 Å². The number of anilines is 3. The lowest BCUT2D eigenvalue weighted by atomic mass is 10.3. The van der Waals surface area contributed by atoms with Crippen molar-refractivity contribution in [2.45, 2.75) is 13.3 Å².